The zero-order chi connectivity index (χ0) is 19.4. The van der Waals surface area contributed by atoms with Crippen molar-refractivity contribution in [1.82, 2.24) is 0 Å². The number of Topliss-reactive ketones (excluding diaryl/α,β-unsaturated/α-hetero) is 1. The van der Waals surface area contributed by atoms with Gasteiger partial charge in [-0.1, -0.05) is 13.5 Å². The van der Waals surface area contributed by atoms with Gasteiger partial charge in [0.15, 0.2) is 0 Å². The van der Waals surface area contributed by atoms with Crippen LogP contribution in [0.4, 0.5) is 0 Å². The van der Waals surface area contributed by atoms with E-state index >= 15 is 0 Å². The minimum atomic E-state index is -0.469. The van der Waals surface area contributed by atoms with E-state index in [0.717, 1.165) is 0 Å². The summed E-state index contributed by atoms with van der Waals surface area (Å²) in [7, 11) is 0. The van der Waals surface area contributed by atoms with E-state index in [2.05, 4.69) is 6.58 Å². The van der Waals surface area contributed by atoms with E-state index in [9.17, 15) is 19.5 Å². The molecular weight excluding hydrogens is 324 g/mol. The number of carbonyl (C=O) groups is 3. The highest BCUT2D eigenvalue weighted by Crippen LogP contribution is 2.21. The van der Waals surface area contributed by atoms with Gasteiger partial charge in [-0.15, -0.1) is 0 Å². The van der Waals surface area contributed by atoms with Gasteiger partial charge in [-0.25, -0.2) is 4.79 Å². The average Bonchev–Trinajstić information content (AvgIpc) is 2.49. The monoisotopic (exact) mass is 356 g/mol. The van der Waals surface area contributed by atoms with Gasteiger partial charge in [-0.2, -0.15) is 0 Å². The van der Waals surface area contributed by atoms with Crippen molar-refractivity contribution in [1.29, 1.82) is 0 Å². The third kappa shape index (κ3) is 12.3. The number of carbonyl (C=O) groups excluding carboxylic acids is 3. The molecular formula is C19H32O6. The van der Waals surface area contributed by atoms with E-state index in [4.69, 9.17) is 9.47 Å². The van der Waals surface area contributed by atoms with Crippen LogP contribution in [0.5, 0.6) is 0 Å². The SMILES string of the molecule is C=C(C)C(=O)OCCCC(=O)OC(C)CC(CC(C)=O)CC(O)CC. The molecule has 3 unspecified atom stereocenters. The Bertz CT molecular complexity index is 457. The highest BCUT2D eigenvalue weighted by atomic mass is 16.5. The number of esters is 2. The fourth-order valence-corrected chi connectivity index (χ4v) is 2.53. The van der Waals surface area contributed by atoms with Crippen molar-refractivity contribution >= 4 is 17.7 Å². The van der Waals surface area contributed by atoms with Crippen LogP contribution in [-0.4, -0.2) is 41.6 Å². The molecule has 6 nitrogen and oxygen atoms in total. The van der Waals surface area contributed by atoms with Crippen LogP contribution < -0.4 is 0 Å². The molecule has 3 atom stereocenters. The van der Waals surface area contributed by atoms with Gasteiger partial charge in [0.25, 0.3) is 0 Å². The van der Waals surface area contributed by atoms with Crippen LogP contribution in [0, 0.1) is 5.92 Å². The molecule has 0 saturated heterocycles. The van der Waals surface area contributed by atoms with Crippen molar-refractivity contribution in [2.24, 2.45) is 5.92 Å². The summed E-state index contributed by atoms with van der Waals surface area (Å²) in [6, 6.07) is 0. The van der Waals surface area contributed by atoms with Crippen molar-refractivity contribution in [3.05, 3.63) is 12.2 Å². The summed E-state index contributed by atoms with van der Waals surface area (Å²) in [5.41, 5.74) is 0.321. The molecule has 0 aliphatic rings. The zero-order valence-electron chi connectivity index (χ0n) is 15.9. The summed E-state index contributed by atoms with van der Waals surface area (Å²) in [6.07, 6.45) is 1.82. The Balaban J connectivity index is 4.19. The first-order valence-corrected chi connectivity index (χ1v) is 8.85. The normalized spacial score (nSPS) is 14.3. The Hall–Kier alpha value is -1.69. The maximum Gasteiger partial charge on any atom is 0.333 e. The molecule has 6 heteroatoms. The maximum atomic E-state index is 11.8. The lowest BCUT2D eigenvalue weighted by atomic mass is 9.90. The first-order valence-electron chi connectivity index (χ1n) is 8.85. The third-order valence-electron chi connectivity index (χ3n) is 3.76. The molecule has 0 aliphatic carbocycles. The largest absolute Gasteiger partial charge is 0.463 e. The number of ether oxygens (including phenoxy) is 2. The lowest BCUT2D eigenvalue weighted by molar-refractivity contribution is -0.150. The third-order valence-corrected chi connectivity index (χ3v) is 3.76. The van der Waals surface area contributed by atoms with E-state index in [-0.39, 0.29) is 36.8 Å². The molecule has 0 rings (SSSR count). The van der Waals surface area contributed by atoms with E-state index in [1.165, 1.54) is 6.92 Å². The van der Waals surface area contributed by atoms with Crippen molar-refractivity contribution in [2.45, 2.75) is 78.4 Å². The van der Waals surface area contributed by atoms with Crippen LogP contribution in [0.1, 0.15) is 66.2 Å². The highest BCUT2D eigenvalue weighted by Gasteiger charge is 2.20. The fraction of sp³-hybridized carbons (Fsp3) is 0.737. The molecule has 0 radical (unpaired) electrons. The topological polar surface area (TPSA) is 89.9 Å². The number of aliphatic hydroxyl groups excluding tert-OH is 1. The highest BCUT2D eigenvalue weighted by molar-refractivity contribution is 5.86. The second kappa shape index (κ2) is 12.6. The first kappa shape index (κ1) is 23.3. The van der Waals surface area contributed by atoms with Gasteiger partial charge >= 0.3 is 11.9 Å². The first-order chi connectivity index (χ1) is 11.6. The smallest absolute Gasteiger partial charge is 0.333 e. The van der Waals surface area contributed by atoms with Gasteiger partial charge in [0.2, 0.25) is 0 Å². The van der Waals surface area contributed by atoms with E-state index < -0.39 is 12.1 Å². The Kier molecular flexibility index (Phi) is 11.8. The molecule has 144 valence electrons. The molecule has 0 aromatic rings. The van der Waals surface area contributed by atoms with E-state index in [0.29, 0.717) is 37.7 Å². The molecule has 25 heavy (non-hydrogen) atoms. The van der Waals surface area contributed by atoms with Gasteiger partial charge in [-0.3, -0.25) is 4.79 Å². The predicted molar refractivity (Wildman–Crippen MR) is 94.9 cm³/mol. The van der Waals surface area contributed by atoms with Crippen molar-refractivity contribution < 1.29 is 29.0 Å². The number of hydrogen-bond donors (Lipinski definition) is 1. The lowest BCUT2D eigenvalue weighted by Gasteiger charge is -2.22. The van der Waals surface area contributed by atoms with Crippen LogP contribution in [0.3, 0.4) is 0 Å². The van der Waals surface area contributed by atoms with Gasteiger partial charge in [0.05, 0.1) is 18.8 Å². The van der Waals surface area contributed by atoms with E-state index in [1.807, 2.05) is 6.92 Å². The second-order valence-corrected chi connectivity index (χ2v) is 6.63. The molecule has 1 N–H and O–H groups in total. The molecule has 0 bridgehead atoms. The van der Waals surface area contributed by atoms with Gasteiger partial charge in [0.1, 0.15) is 5.78 Å². The molecule has 0 aromatic heterocycles. The van der Waals surface area contributed by atoms with Crippen LogP contribution in [0.2, 0.25) is 0 Å². The van der Waals surface area contributed by atoms with Crippen LogP contribution in [-0.2, 0) is 23.9 Å². The summed E-state index contributed by atoms with van der Waals surface area (Å²) < 4.78 is 10.3. The Morgan fingerprint density at radius 3 is 2.32 bits per heavy atom. The lowest BCUT2D eigenvalue weighted by Crippen LogP contribution is -2.23. The average molecular weight is 356 g/mol. The minimum absolute atomic E-state index is 0.00762. The number of ketones is 1. The zero-order valence-corrected chi connectivity index (χ0v) is 15.9. The van der Waals surface area contributed by atoms with Crippen molar-refractivity contribution in [3.8, 4) is 0 Å². The maximum absolute atomic E-state index is 11.8. The summed E-state index contributed by atoms with van der Waals surface area (Å²) in [4.78, 5) is 34.4. The molecule has 0 heterocycles. The van der Waals surface area contributed by atoms with Crippen molar-refractivity contribution in [2.75, 3.05) is 6.61 Å². The summed E-state index contributed by atoms with van der Waals surface area (Å²) in [5, 5.41) is 9.80. The molecule has 0 amide bonds. The fourth-order valence-electron chi connectivity index (χ4n) is 2.53. The van der Waals surface area contributed by atoms with Crippen LogP contribution >= 0.6 is 0 Å². The molecule has 0 fully saturated rings. The van der Waals surface area contributed by atoms with Crippen molar-refractivity contribution in [3.63, 3.8) is 0 Å². The molecule has 0 aromatic carbocycles. The van der Waals surface area contributed by atoms with Gasteiger partial charge in [-0.05, 0) is 52.4 Å². The predicted octanol–water partition coefficient (Wildman–Crippen LogP) is 2.96. The van der Waals surface area contributed by atoms with Gasteiger partial charge in [0, 0.05) is 18.4 Å². The molecule has 0 spiro atoms. The number of rotatable bonds is 13. The molecule has 0 aliphatic heterocycles. The van der Waals surface area contributed by atoms with Crippen LogP contribution in [0.15, 0.2) is 12.2 Å². The van der Waals surface area contributed by atoms with Crippen LogP contribution in [0.25, 0.3) is 0 Å². The summed E-state index contributed by atoms with van der Waals surface area (Å²) in [5.74, 6) is -0.780. The quantitative estimate of drug-likeness (QED) is 0.310. The number of aliphatic hydroxyl groups is 1. The Morgan fingerprint density at radius 2 is 1.80 bits per heavy atom. The summed E-state index contributed by atoms with van der Waals surface area (Å²) in [6.45, 7) is 10.4. The second-order valence-electron chi connectivity index (χ2n) is 6.63. The van der Waals surface area contributed by atoms with Gasteiger partial charge < -0.3 is 19.4 Å². The summed E-state index contributed by atoms with van der Waals surface area (Å²) >= 11 is 0. The number of hydrogen-bond acceptors (Lipinski definition) is 6. The minimum Gasteiger partial charge on any atom is -0.463 e. The standard InChI is InChI=1S/C19H32O6/c1-6-17(21)12-16(10-14(4)20)11-15(5)25-18(22)8-7-9-24-19(23)13(2)3/h15-17,21H,2,6-12H2,1,3-5H3. The molecule has 0 saturated carbocycles. The Morgan fingerprint density at radius 1 is 1.16 bits per heavy atom. The van der Waals surface area contributed by atoms with E-state index in [1.54, 1.807) is 13.8 Å². The Labute approximate surface area is 150 Å².